The molecule has 1 aromatic carbocycles. The lowest BCUT2D eigenvalue weighted by atomic mass is 10.3. The largest absolute Gasteiger partial charge is 0.379 e. The first-order valence-corrected chi connectivity index (χ1v) is 8.97. The molecular formula is C16H20N2S2. The molecule has 3 rings (SSSR count). The van der Waals surface area contributed by atoms with Crippen LogP contribution in [0.4, 0.5) is 5.69 Å². The predicted molar refractivity (Wildman–Crippen MR) is 88.7 cm³/mol. The minimum atomic E-state index is 0.813. The summed E-state index contributed by atoms with van der Waals surface area (Å²) in [5.41, 5.74) is 2.28. The van der Waals surface area contributed by atoms with Gasteiger partial charge in [-0.05, 0) is 44.0 Å². The second-order valence-electron chi connectivity index (χ2n) is 5.28. The van der Waals surface area contributed by atoms with E-state index in [9.17, 15) is 0 Å². The van der Waals surface area contributed by atoms with E-state index in [-0.39, 0.29) is 0 Å². The van der Waals surface area contributed by atoms with Gasteiger partial charge in [-0.15, -0.1) is 23.1 Å². The Kier molecular flexibility index (Phi) is 4.63. The summed E-state index contributed by atoms with van der Waals surface area (Å²) >= 11 is 3.76. The maximum Gasteiger partial charge on any atom is 0.112 e. The maximum atomic E-state index is 4.46. The fourth-order valence-corrected chi connectivity index (χ4v) is 4.47. The van der Waals surface area contributed by atoms with Crippen LogP contribution in [0.2, 0.25) is 0 Å². The van der Waals surface area contributed by atoms with Crippen LogP contribution in [0.3, 0.4) is 0 Å². The normalized spacial score (nSPS) is 15.7. The van der Waals surface area contributed by atoms with Gasteiger partial charge in [-0.1, -0.05) is 12.8 Å². The summed E-state index contributed by atoms with van der Waals surface area (Å²) in [6.45, 7) is 2.85. The van der Waals surface area contributed by atoms with Crippen LogP contribution in [-0.2, 0) is 6.54 Å². The second-order valence-corrected chi connectivity index (χ2v) is 7.60. The van der Waals surface area contributed by atoms with E-state index >= 15 is 0 Å². The van der Waals surface area contributed by atoms with Crippen molar-refractivity contribution in [3.8, 4) is 0 Å². The molecule has 0 spiro atoms. The molecule has 1 N–H and O–H groups in total. The molecule has 4 heteroatoms. The minimum absolute atomic E-state index is 0.813. The zero-order valence-corrected chi connectivity index (χ0v) is 13.4. The van der Waals surface area contributed by atoms with Crippen LogP contribution in [-0.4, -0.2) is 10.2 Å². The number of benzene rings is 1. The van der Waals surface area contributed by atoms with Crippen molar-refractivity contribution in [1.29, 1.82) is 0 Å². The lowest BCUT2D eigenvalue weighted by molar-refractivity contribution is 0.886. The highest BCUT2D eigenvalue weighted by Crippen LogP contribution is 2.34. The fourth-order valence-electron chi connectivity index (χ4n) is 2.51. The smallest absolute Gasteiger partial charge is 0.112 e. The van der Waals surface area contributed by atoms with Crippen LogP contribution in [0.25, 0.3) is 0 Å². The first-order chi connectivity index (χ1) is 9.79. The van der Waals surface area contributed by atoms with Gasteiger partial charge in [0.25, 0.3) is 0 Å². The summed E-state index contributed by atoms with van der Waals surface area (Å²) in [4.78, 5) is 5.86. The van der Waals surface area contributed by atoms with E-state index in [1.54, 1.807) is 11.3 Å². The molecule has 106 valence electrons. The van der Waals surface area contributed by atoms with E-state index in [1.807, 2.05) is 18.7 Å². The van der Waals surface area contributed by atoms with Crippen molar-refractivity contribution in [2.75, 3.05) is 5.32 Å². The van der Waals surface area contributed by atoms with E-state index in [1.165, 1.54) is 36.3 Å². The number of hydrogen-bond acceptors (Lipinski definition) is 4. The number of aryl methyl sites for hydroxylation is 1. The van der Waals surface area contributed by atoms with Crippen LogP contribution < -0.4 is 5.32 Å². The molecule has 1 saturated carbocycles. The topological polar surface area (TPSA) is 24.9 Å². The third-order valence-electron chi connectivity index (χ3n) is 3.57. The molecule has 1 aliphatic rings. The second kappa shape index (κ2) is 6.64. The predicted octanol–water partition coefficient (Wildman–Crippen LogP) is 5.10. The Balaban J connectivity index is 1.52. The molecule has 0 radical (unpaired) electrons. The monoisotopic (exact) mass is 304 g/mol. The molecule has 1 heterocycles. The van der Waals surface area contributed by atoms with Crippen molar-refractivity contribution < 1.29 is 0 Å². The lowest BCUT2D eigenvalue weighted by Gasteiger charge is -2.10. The van der Waals surface area contributed by atoms with Crippen molar-refractivity contribution >= 4 is 28.8 Å². The third kappa shape index (κ3) is 3.76. The molecule has 1 aliphatic carbocycles. The van der Waals surface area contributed by atoms with Gasteiger partial charge >= 0.3 is 0 Å². The zero-order valence-electron chi connectivity index (χ0n) is 11.8. The third-order valence-corrected chi connectivity index (χ3v) is 5.89. The van der Waals surface area contributed by atoms with Gasteiger partial charge in [0.05, 0.1) is 6.54 Å². The Morgan fingerprint density at radius 3 is 2.65 bits per heavy atom. The highest BCUT2D eigenvalue weighted by atomic mass is 32.2. The van der Waals surface area contributed by atoms with Gasteiger partial charge in [0, 0.05) is 26.9 Å². The molecule has 0 bridgehead atoms. The van der Waals surface area contributed by atoms with Gasteiger partial charge in [0.2, 0.25) is 0 Å². The lowest BCUT2D eigenvalue weighted by Crippen LogP contribution is -1.99. The van der Waals surface area contributed by atoms with E-state index in [0.717, 1.165) is 22.5 Å². The fraction of sp³-hybridized carbons (Fsp3) is 0.438. The van der Waals surface area contributed by atoms with Crippen molar-refractivity contribution in [2.24, 2.45) is 0 Å². The molecule has 0 atom stereocenters. The van der Waals surface area contributed by atoms with Crippen molar-refractivity contribution in [2.45, 2.75) is 49.3 Å². The molecular weight excluding hydrogens is 284 g/mol. The molecule has 1 aromatic heterocycles. The Morgan fingerprint density at radius 1 is 1.25 bits per heavy atom. The summed E-state index contributed by atoms with van der Waals surface area (Å²) in [6.07, 6.45) is 5.58. The molecule has 0 amide bonds. The van der Waals surface area contributed by atoms with Gasteiger partial charge in [0.15, 0.2) is 0 Å². The summed E-state index contributed by atoms with van der Waals surface area (Å²) < 4.78 is 0. The van der Waals surface area contributed by atoms with Gasteiger partial charge in [-0.25, -0.2) is 4.98 Å². The van der Waals surface area contributed by atoms with Gasteiger partial charge in [-0.3, -0.25) is 0 Å². The van der Waals surface area contributed by atoms with Crippen LogP contribution in [0.5, 0.6) is 0 Å². The summed E-state index contributed by atoms with van der Waals surface area (Å²) in [7, 11) is 0. The van der Waals surface area contributed by atoms with E-state index in [2.05, 4.69) is 39.9 Å². The number of nitrogens with zero attached hydrogens (tertiary/aromatic N) is 1. The van der Waals surface area contributed by atoms with Gasteiger partial charge < -0.3 is 5.32 Å². The molecule has 0 saturated heterocycles. The maximum absolute atomic E-state index is 4.46. The standard InChI is InChI=1S/C16H20N2S2/c1-12-11-19-16(18-12)10-17-13-6-8-15(9-7-13)20-14-4-2-3-5-14/h6-9,11,14,17H,2-5,10H2,1H3. The quantitative estimate of drug-likeness (QED) is 0.832. The number of anilines is 1. The number of hydrogen-bond donors (Lipinski definition) is 1. The van der Waals surface area contributed by atoms with Crippen LogP contribution >= 0.6 is 23.1 Å². The van der Waals surface area contributed by atoms with Gasteiger partial charge in [-0.2, -0.15) is 0 Å². The van der Waals surface area contributed by atoms with Crippen molar-refractivity contribution in [3.63, 3.8) is 0 Å². The Bertz CT molecular complexity index is 542. The van der Waals surface area contributed by atoms with E-state index in [0.29, 0.717) is 0 Å². The molecule has 2 nitrogen and oxygen atoms in total. The van der Waals surface area contributed by atoms with E-state index in [4.69, 9.17) is 0 Å². The SMILES string of the molecule is Cc1csc(CNc2ccc(SC3CCCC3)cc2)n1. The molecule has 2 aromatic rings. The minimum Gasteiger partial charge on any atom is -0.379 e. The highest BCUT2D eigenvalue weighted by molar-refractivity contribution is 8.00. The van der Waals surface area contributed by atoms with Gasteiger partial charge in [0.1, 0.15) is 5.01 Å². The highest BCUT2D eigenvalue weighted by Gasteiger charge is 2.15. The number of rotatable bonds is 5. The first-order valence-electron chi connectivity index (χ1n) is 7.21. The summed E-state index contributed by atoms with van der Waals surface area (Å²) in [5.74, 6) is 0. The van der Waals surface area contributed by atoms with E-state index < -0.39 is 0 Å². The summed E-state index contributed by atoms with van der Waals surface area (Å²) in [6, 6.07) is 8.83. The Hall–Kier alpha value is -1.00. The average Bonchev–Trinajstić information content (AvgIpc) is 3.10. The number of thiazole rings is 1. The first kappa shape index (κ1) is 14.0. The number of nitrogens with one attached hydrogen (secondary N) is 1. The number of aromatic nitrogens is 1. The van der Waals surface area contributed by atoms with Crippen LogP contribution in [0.1, 0.15) is 36.4 Å². The molecule has 0 aliphatic heterocycles. The van der Waals surface area contributed by atoms with Crippen LogP contribution in [0.15, 0.2) is 34.5 Å². The zero-order chi connectivity index (χ0) is 13.8. The Morgan fingerprint density at radius 2 is 2.00 bits per heavy atom. The Labute approximate surface area is 129 Å². The average molecular weight is 304 g/mol. The summed E-state index contributed by atoms with van der Waals surface area (Å²) in [5, 5.41) is 7.51. The molecule has 0 unspecified atom stereocenters. The van der Waals surface area contributed by atoms with Crippen LogP contribution in [0, 0.1) is 6.92 Å². The molecule has 20 heavy (non-hydrogen) atoms. The number of thioether (sulfide) groups is 1. The molecule has 1 fully saturated rings. The van der Waals surface area contributed by atoms with Crippen molar-refractivity contribution in [3.05, 3.63) is 40.3 Å². The van der Waals surface area contributed by atoms with Crippen molar-refractivity contribution in [1.82, 2.24) is 4.98 Å².